The number of alkyl halides is 1. The van der Waals surface area contributed by atoms with Gasteiger partial charge in [-0.15, -0.1) is 0 Å². The van der Waals surface area contributed by atoms with Crippen LogP contribution in [0.2, 0.25) is 0 Å². The first-order chi connectivity index (χ1) is 15.7. The van der Waals surface area contributed by atoms with Crippen LogP contribution in [0.25, 0.3) is 0 Å². The van der Waals surface area contributed by atoms with Crippen molar-refractivity contribution in [1.29, 1.82) is 0 Å². The molecule has 34 heavy (non-hydrogen) atoms. The monoisotopic (exact) mass is 477 g/mol. The van der Waals surface area contributed by atoms with Crippen molar-refractivity contribution in [2.75, 3.05) is 27.2 Å². The predicted octanol–water partition coefficient (Wildman–Crippen LogP) is 1.36. The number of carbonyl (C=O) groups is 3. The summed E-state index contributed by atoms with van der Waals surface area (Å²) in [5, 5.41) is 11.6. The van der Waals surface area contributed by atoms with E-state index in [0.717, 1.165) is 5.46 Å². The van der Waals surface area contributed by atoms with Crippen molar-refractivity contribution in [2.45, 2.75) is 63.4 Å². The number of likely N-dealkylation sites (N-methyl/N-ethyl adjacent to an activating group) is 1. The minimum atomic E-state index is -1.44. The maximum atomic E-state index is 13.7. The molecule has 2 heterocycles. The van der Waals surface area contributed by atoms with Gasteiger partial charge in [-0.25, -0.2) is 9.18 Å². The van der Waals surface area contributed by atoms with Gasteiger partial charge in [0.25, 0.3) is 0 Å². The molecular formula is C23H33BFN3O6. The topological polar surface area (TPSA) is 108 Å². The van der Waals surface area contributed by atoms with Crippen LogP contribution in [0, 0.1) is 0 Å². The summed E-state index contributed by atoms with van der Waals surface area (Å²) in [5.74, 6) is -2.21. The number of hydrogen-bond acceptors (Lipinski definition) is 5. The quantitative estimate of drug-likeness (QED) is 0.600. The van der Waals surface area contributed by atoms with Crippen molar-refractivity contribution in [2.24, 2.45) is 0 Å². The smallest absolute Gasteiger partial charge is 0.465 e. The van der Waals surface area contributed by atoms with E-state index in [1.54, 1.807) is 24.3 Å². The molecule has 1 aromatic rings. The molecule has 186 valence electrons. The molecule has 0 radical (unpaired) electrons. The fraction of sp³-hybridized carbons (Fsp3) is 0.609. The Morgan fingerprint density at radius 1 is 1.15 bits per heavy atom. The minimum absolute atomic E-state index is 0.125. The number of benzene rings is 1. The molecule has 3 atom stereocenters. The number of rotatable bonds is 6. The maximum absolute atomic E-state index is 13.7. The first kappa shape index (κ1) is 26.0. The molecule has 9 nitrogen and oxygen atoms in total. The van der Waals surface area contributed by atoms with Crippen LogP contribution in [-0.4, -0.2) is 90.5 Å². The molecule has 2 aliphatic heterocycles. The van der Waals surface area contributed by atoms with Gasteiger partial charge in [-0.05, 0) is 45.1 Å². The lowest BCUT2D eigenvalue weighted by Gasteiger charge is -2.32. The van der Waals surface area contributed by atoms with Crippen LogP contribution < -0.4 is 10.8 Å². The van der Waals surface area contributed by atoms with E-state index in [1.165, 1.54) is 23.9 Å². The molecule has 1 aromatic carbocycles. The van der Waals surface area contributed by atoms with Crippen LogP contribution in [0.5, 0.6) is 0 Å². The van der Waals surface area contributed by atoms with Gasteiger partial charge in [0.2, 0.25) is 11.8 Å². The SMILES string of the molecule is CN(C)C(=O)[C@@H](c1ccc(B2OC(C)(C)C(C)(C)O2)cc1)[C@H](NC(=O)O)C(=O)N1CC[C@H](F)C1. The highest BCUT2D eigenvalue weighted by molar-refractivity contribution is 6.62. The van der Waals surface area contributed by atoms with Crippen LogP contribution in [-0.2, 0) is 18.9 Å². The van der Waals surface area contributed by atoms with Gasteiger partial charge in [0.1, 0.15) is 12.2 Å². The summed E-state index contributed by atoms with van der Waals surface area (Å²) < 4.78 is 25.9. The van der Waals surface area contributed by atoms with Gasteiger partial charge in [0.05, 0.1) is 23.7 Å². The second-order valence-corrected chi connectivity index (χ2v) is 10.1. The number of amides is 3. The highest BCUT2D eigenvalue weighted by Crippen LogP contribution is 2.36. The molecule has 2 saturated heterocycles. The summed E-state index contributed by atoms with van der Waals surface area (Å²) in [4.78, 5) is 40.5. The molecule has 2 N–H and O–H groups in total. The average Bonchev–Trinajstić information content (AvgIpc) is 3.26. The Labute approximate surface area is 199 Å². The predicted molar refractivity (Wildman–Crippen MR) is 125 cm³/mol. The van der Waals surface area contributed by atoms with Gasteiger partial charge in [0, 0.05) is 20.6 Å². The normalized spacial score (nSPS) is 22.9. The second kappa shape index (κ2) is 9.54. The molecule has 0 unspecified atom stereocenters. The number of likely N-dealkylation sites (tertiary alicyclic amines) is 1. The van der Waals surface area contributed by atoms with Crippen molar-refractivity contribution >= 4 is 30.5 Å². The Kier molecular flexibility index (Phi) is 7.28. The maximum Gasteiger partial charge on any atom is 0.494 e. The largest absolute Gasteiger partial charge is 0.494 e. The zero-order valence-electron chi connectivity index (χ0n) is 20.5. The fourth-order valence-electron chi connectivity index (χ4n) is 4.13. The standard InChI is InChI=1S/C23H33BFN3O6/c1-22(2)23(3,4)34-24(33-22)15-9-7-14(8-10-15)17(19(29)27(5)6)18(26-21(31)32)20(30)28-12-11-16(25)13-28/h7-10,16-18,26H,11-13H2,1-6H3,(H,31,32)/t16-,17-,18-/m0/s1. The number of nitrogens with one attached hydrogen (secondary N) is 1. The lowest BCUT2D eigenvalue weighted by molar-refractivity contribution is -0.139. The number of nitrogens with zero attached hydrogens (tertiary/aromatic N) is 2. The molecule has 2 fully saturated rings. The third kappa shape index (κ3) is 5.20. The Bertz CT molecular complexity index is 923. The van der Waals surface area contributed by atoms with Crippen molar-refractivity contribution in [3.63, 3.8) is 0 Å². The summed E-state index contributed by atoms with van der Waals surface area (Å²) in [6.07, 6.45) is -2.43. The lowest BCUT2D eigenvalue weighted by atomic mass is 9.77. The molecule has 0 bridgehead atoms. The van der Waals surface area contributed by atoms with E-state index in [2.05, 4.69) is 5.32 Å². The molecule has 2 aliphatic rings. The van der Waals surface area contributed by atoms with Crippen molar-refractivity contribution in [3.05, 3.63) is 29.8 Å². The Hall–Kier alpha value is -2.66. The number of halogens is 1. The van der Waals surface area contributed by atoms with E-state index in [0.29, 0.717) is 5.56 Å². The van der Waals surface area contributed by atoms with E-state index in [9.17, 15) is 23.9 Å². The Balaban J connectivity index is 1.94. The molecule has 0 aromatic heterocycles. The zero-order valence-corrected chi connectivity index (χ0v) is 20.5. The molecule has 0 aliphatic carbocycles. The Morgan fingerprint density at radius 2 is 1.71 bits per heavy atom. The van der Waals surface area contributed by atoms with Gasteiger partial charge in [-0.3, -0.25) is 9.59 Å². The highest BCUT2D eigenvalue weighted by Gasteiger charge is 2.51. The third-order valence-electron chi connectivity index (χ3n) is 6.85. The van der Waals surface area contributed by atoms with E-state index < -0.39 is 54.4 Å². The number of carboxylic acid groups (broad SMARTS) is 1. The van der Waals surface area contributed by atoms with Gasteiger partial charge in [-0.2, -0.15) is 0 Å². The first-order valence-electron chi connectivity index (χ1n) is 11.3. The zero-order chi connectivity index (χ0) is 25.4. The first-order valence-corrected chi connectivity index (χ1v) is 11.3. The molecule has 11 heteroatoms. The van der Waals surface area contributed by atoms with E-state index in [1.807, 2.05) is 27.7 Å². The van der Waals surface area contributed by atoms with E-state index >= 15 is 0 Å². The van der Waals surface area contributed by atoms with Crippen molar-refractivity contribution < 1.29 is 33.2 Å². The molecule has 3 amide bonds. The van der Waals surface area contributed by atoms with Gasteiger partial charge in [0.15, 0.2) is 0 Å². The molecule has 0 saturated carbocycles. The van der Waals surface area contributed by atoms with Gasteiger partial charge in [-0.1, -0.05) is 24.3 Å². The average molecular weight is 477 g/mol. The molecule has 0 spiro atoms. The van der Waals surface area contributed by atoms with Crippen molar-refractivity contribution in [3.8, 4) is 0 Å². The summed E-state index contributed by atoms with van der Waals surface area (Å²) in [5.41, 5.74) is 0.133. The van der Waals surface area contributed by atoms with Crippen LogP contribution in [0.15, 0.2) is 24.3 Å². The van der Waals surface area contributed by atoms with E-state index in [-0.39, 0.29) is 19.5 Å². The Morgan fingerprint density at radius 3 is 2.15 bits per heavy atom. The lowest BCUT2D eigenvalue weighted by Crippen LogP contribution is -2.54. The van der Waals surface area contributed by atoms with Gasteiger partial charge >= 0.3 is 13.2 Å². The highest BCUT2D eigenvalue weighted by atomic mass is 19.1. The summed E-state index contributed by atoms with van der Waals surface area (Å²) in [6.45, 7) is 7.83. The summed E-state index contributed by atoms with van der Waals surface area (Å²) >= 11 is 0. The van der Waals surface area contributed by atoms with Crippen LogP contribution in [0.1, 0.15) is 45.6 Å². The number of carbonyl (C=O) groups excluding carboxylic acids is 2. The van der Waals surface area contributed by atoms with Crippen LogP contribution in [0.4, 0.5) is 9.18 Å². The third-order valence-corrected chi connectivity index (χ3v) is 6.85. The van der Waals surface area contributed by atoms with E-state index in [4.69, 9.17) is 9.31 Å². The summed E-state index contributed by atoms with van der Waals surface area (Å²) in [7, 11) is 2.45. The van der Waals surface area contributed by atoms with Crippen molar-refractivity contribution in [1.82, 2.24) is 15.1 Å². The van der Waals surface area contributed by atoms with Crippen LogP contribution in [0.3, 0.4) is 0 Å². The minimum Gasteiger partial charge on any atom is -0.465 e. The second-order valence-electron chi connectivity index (χ2n) is 10.1. The fourth-order valence-corrected chi connectivity index (χ4v) is 4.13. The molecule has 3 rings (SSSR count). The number of hydrogen-bond donors (Lipinski definition) is 2. The van der Waals surface area contributed by atoms with Crippen LogP contribution >= 0.6 is 0 Å². The van der Waals surface area contributed by atoms with Gasteiger partial charge < -0.3 is 29.5 Å². The molecular weight excluding hydrogens is 444 g/mol. The summed E-state index contributed by atoms with van der Waals surface area (Å²) in [6, 6.07) is 5.41.